The van der Waals surface area contributed by atoms with Gasteiger partial charge in [0.2, 0.25) is 5.91 Å². The molecule has 24 heavy (non-hydrogen) atoms. The molecule has 1 fully saturated rings. The van der Waals surface area contributed by atoms with Gasteiger partial charge in [-0.15, -0.1) is 11.3 Å². The van der Waals surface area contributed by atoms with Crippen LogP contribution in [0, 0.1) is 0 Å². The van der Waals surface area contributed by atoms with Crippen molar-refractivity contribution in [2.75, 3.05) is 26.2 Å². The van der Waals surface area contributed by atoms with E-state index in [0.717, 1.165) is 32.6 Å². The number of benzene rings is 1. The van der Waals surface area contributed by atoms with Crippen molar-refractivity contribution in [1.82, 2.24) is 9.80 Å². The zero-order chi connectivity index (χ0) is 16.5. The van der Waals surface area contributed by atoms with Crippen LogP contribution in [0.4, 0.5) is 0 Å². The summed E-state index contributed by atoms with van der Waals surface area (Å²) < 4.78 is 0. The van der Waals surface area contributed by atoms with E-state index < -0.39 is 0 Å². The molecule has 2 N–H and O–H groups in total. The Balaban J connectivity index is 1.37. The summed E-state index contributed by atoms with van der Waals surface area (Å²) in [4.78, 5) is 18.3. The van der Waals surface area contributed by atoms with Gasteiger partial charge in [0.15, 0.2) is 0 Å². The first-order valence-electron chi connectivity index (χ1n) is 8.56. The van der Waals surface area contributed by atoms with Crippen LogP contribution < -0.4 is 5.73 Å². The summed E-state index contributed by atoms with van der Waals surface area (Å²) in [5.74, 6) is 0.552. The molecule has 1 aromatic heterocycles. The maximum atomic E-state index is 12.7. The van der Waals surface area contributed by atoms with Gasteiger partial charge in [-0.1, -0.05) is 30.3 Å². The van der Waals surface area contributed by atoms with Crippen LogP contribution in [-0.4, -0.2) is 47.9 Å². The molecule has 0 aliphatic carbocycles. The van der Waals surface area contributed by atoms with E-state index >= 15 is 0 Å². The normalized spacial score (nSPS) is 24.1. The second-order valence-electron chi connectivity index (χ2n) is 6.81. The lowest BCUT2D eigenvalue weighted by molar-refractivity contribution is -0.133. The number of likely N-dealkylation sites (tertiary alicyclic amines) is 1. The highest BCUT2D eigenvalue weighted by Gasteiger charge is 2.33. The van der Waals surface area contributed by atoms with E-state index in [-0.39, 0.29) is 11.9 Å². The standard InChI is InChI=1S/C19H23N3OS/c20-17-12-21(11-16(17)14-4-2-1-3-5-14)13-19(23)22-8-6-18-15(10-22)7-9-24-18/h1-5,7,9,16-17H,6,8,10-13,20H2/t16-,17+/m0/s1. The minimum atomic E-state index is 0.102. The molecule has 5 heteroatoms. The Bertz CT molecular complexity index is 714. The molecule has 3 heterocycles. The molecule has 0 bridgehead atoms. The third-order valence-electron chi connectivity index (χ3n) is 5.19. The van der Waals surface area contributed by atoms with Crippen LogP contribution in [0.25, 0.3) is 0 Å². The highest BCUT2D eigenvalue weighted by atomic mass is 32.1. The molecule has 4 nitrogen and oxygen atoms in total. The Morgan fingerprint density at radius 1 is 1.21 bits per heavy atom. The van der Waals surface area contributed by atoms with Crippen molar-refractivity contribution in [3.05, 3.63) is 57.8 Å². The van der Waals surface area contributed by atoms with Crippen LogP contribution in [0.15, 0.2) is 41.8 Å². The molecule has 1 saturated heterocycles. The zero-order valence-corrected chi connectivity index (χ0v) is 14.5. The monoisotopic (exact) mass is 341 g/mol. The summed E-state index contributed by atoms with van der Waals surface area (Å²) in [5.41, 5.74) is 8.94. The van der Waals surface area contributed by atoms with E-state index in [2.05, 4.69) is 40.6 Å². The first kappa shape index (κ1) is 15.8. The number of nitrogens with two attached hydrogens (primary N) is 1. The fourth-order valence-electron chi connectivity index (χ4n) is 3.85. The molecule has 4 rings (SSSR count). The number of hydrogen-bond acceptors (Lipinski definition) is 4. The van der Waals surface area contributed by atoms with E-state index in [9.17, 15) is 4.79 Å². The molecular weight excluding hydrogens is 318 g/mol. The fourth-order valence-corrected chi connectivity index (χ4v) is 4.74. The van der Waals surface area contributed by atoms with Crippen molar-refractivity contribution in [3.8, 4) is 0 Å². The van der Waals surface area contributed by atoms with Crippen molar-refractivity contribution in [2.45, 2.75) is 24.9 Å². The average Bonchev–Trinajstić information content (AvgIpc) is 3.21. The predicted octanol–water partition coefficient (Wildman–Crippen LogP) is 2.06. The summed E-state index contributed by atoms with van der Waals surface area (Å²) in [6.07, 6.45) is 0.991. The molecule has 0 saturated carbocycles. The molecule has 2 atom stereocenters. The third kappa shape index (κ3) is 3.11. The predicted molar refractivity (Wildman–Crippen MR) is 97.0 cm³/mol. The van der Waals surface area contributed by atoms with E-state index in [1.807, 2.05) is 11.0 Å². The molecule has 1 aromatic carbocycles. The number of amides is 1. The van der Waals surface area contributed by atoms with Crippen LogP contribution in [0.3, 0.4) is 0 Å². The Hall–Kier alpha value is -1.69. The van der Waals surface area contributed by atoms with E-state index in [1.165, 1.54) is 16.0 Å². The summed E-state index contributed by atoms with van der Waals surface area (Å²) in [7, 11) is 0. The Labute approximate surface area is 146 Å². The fraction of sp³-hybridized carbons (Fsp3) is 0.421. The number of nitrogens with zero attached hydrogens (tertiary/aromatic N) is 2. The Morgan fingerprint density at radius 2 is 2.04 bits per heavy atom. The number of carbonyl (C=O) groups excluding carboxylic acids is 1. The molecule has 0 spiro atoms. The molecular formula is C19H23N3OS. The molecule has 2 aliphatic heterocycles. The zero-order valence-electron chi connectivity index (χ0n) is 13.7. The second kappa shape index (κ2) is 6.67. The van der Waals surface area contributed by atoms with Gasteiger partial charge in [-0.3, -0.25) is 9.69 Å². The number of hydrogen-bond donors (Lipinski definition) is 1. The molecule has 2 aliphatic rings. The molecule has 0 radical (unpaired) electrons. The van der Waals surface area contributed by atoms with Gasteiger partial charge >= 0.3 is 0 Å². The number of fused-ring (bicyclic) bond motifs is 1. The highest BCUT2D eigenvalue weighted by Crippen LogP contribution is 2.27. The van der Waals surface area contributed by atoms with Crippen LogP contribution in [0.5, 0.6) is 0 Å². The molecule has 0 unspecified atom stereocenters. The van der Waals surface area contributed by atoms with Crippen LogP contribution >= 0.6 is 11.3 Å². The van der Waals surface area contributed by atoms with E-state index in [0.29, 0.717) is 12.5 Å². The topological polar surface area (TPSA) is 49.6 Å². The first-order chi connectivity index (χ1) is 11.7. The Kier molecular flexibility index (Phi) is 4.39. The molecule has 126 valence electrons. The van der Waals surface area contributed by atoms with Gasteiger partial charge in [0, 0.05) is 43.0 Å². The van der Waals surface area contributed by atoms with Crippen LogP contribution in [-0.2, 0) is 17.8 Å². The van der Waals surface area contributed by atoms with E-state index in [1.54, 1.807) is 11.3 Å². The third-order valence-corrected chi connectivity index (χ3v) is 6.21. The smallest absolute Gasteiger partial charge is 0.237 e. The lowest BCUT2D eigenvalue weighted by Gasteiger charge is -2.28. The molecule has 1 amide bonds. The summed E-state index contributed by atoms with van der Waals surface area (Å²) in [6, 6.07) is 12.7. The van der Waals surface area contributed by atoms with Crippen molar-refractivity contribution < 1.29 is 4.79 Å². The van der Waals surface area contributed by atoms with Gasteiger partial charge in [0.25, 0.3) is 0 Å². The summed E-state index contributed by atoms with van der Waals surface area (Å²) >= 11 is 1.81. The second-order valence-corrected chi connectivity index (χ2v) is 7.81. The largest absolute Gasteiger partial charge is 0.337 e. The minimum absolute atomic E-state index is 0.102. The van der Waals surface area contributed by atoms with Crippen molar-refractivity contribution in [2.24, 2.45) is 5.73 Å². The number of carbonyl (C=O) groups is 1. The van der Waals surface area contributed by atoms with Gasteiger partial charge in [-0.2, -0.15) is 0 Å². The summed E-state index contributed by atoms with van der Waals surface area (Å²) in [6.45, 7) is 3.75. The number of rotatable bonds is 3. The van der Waals surface area contributed by atoms with Gasteiger partial charge in [0.1, 0.15) is 0 Å². The van der Waals surface area contributed by atoms with Gasteiger partial charge in [0.05, 0.1) is 6.54 Å². The lowest BCUT2D eigenvalue weighted by atomic mass is 9.95. The van der Waals surface area contributed by atoms with Crippen molar-refractivity contribution in [3.63, 3.8) is 0 Å². The van der Waals surface area contributed by atoms with Crippen LogP contribution in [0.1, 0.15) is 21.9 Å². The molecule has 2 aromatic rings. The lowest BCUT2D eigenvalue weighted by Crippen LogP contribution is -2.42. The van der Waals surface area contributed by atoms with Gasteiger partial charge < -0.3 is 10.6 Å². The maximum Gasteiger partial charge on any atom is 0.237 e. The van der Waals surface area contributed by atoms with Crippen molar-refractivity contribution >= 4 is 17.2 Å². The van der Waals surface area contributed by atoms with Gasteiger partial charge in [-0.25, -0.2) is 0 Å². The maximum absolute atomic E-state index is 12.7. The quantitative estimate of drug-likeness (QED) is 0.930. The minimum Gasteiger partial charge on any atom is -0.337 e. The van der Waals surface area contributed by atoms with Crippen molar-refractivity contribution in [1.29, 1.82) is 0 Å². The highest BCUT2D eigenvalue weighted by molar-refractivity contribution is 7.10. The Morgan fingerprint density at radius 3 is 2.88 bits per heavy atom. The number of thiophene rings is 1. The van der Waals surface area contributed by atoms with E-state index in [4.69, 9.17) is 5.73 Å². The first-order valence-corrected chi connectivity index (χ1v) is 9.44. The summed E-state index contributed by atoms with van der Waals surface area (Å²) in [5, 5.41) is 2.13. The SMILES string of the molecule is N[C@@H]1CN(CC(=O)N2CCc3sccc3C2)C[C@H]1c1ccccc1. The van der Waals surface area contributed by atoms with Gasteiger partial charge in [-0.05, 0) is 29.0 Å². The van der Waals surface area contributed by atoms with Crippen LogP contribution in [0.2, 0.25) is 0 Å². The average molecular weight is 341 g/mol.